The van der Waals surface area contributed by atoms with E-state index in [0.29, 0.717) is 6.04 Å². The minimum absolute atomic E-state index is 0.568. The fourth-order valence-corrected chi connectivity index (χ4v) is 2.96. The lowest BCUT2D eigenvalue weighted by Crippen LogP contribution is -2.28. The van der Waals surface area contributed by atoms with E-state index in [0.717, 1.165) is 13.0 Å². The van der Waals surface area contributed by atoms with E-state index in [4.69, 9.17) is 0 Å². The van der Waals surface area contributed by atoms with Gasteiger partial charge in [0.2, 0.25) is 0 Å². The van der Waals surface area contributed by atoms with Crippen LogP contribution in [-0.4, -0.2) is 12.6 Å². The largest absolute Gasteiger partial charge is 0.314 e. The molecule has 0 bridgehead atoms. The summed E-state index contributed by atoms with van der Waals surface area (Å²) in [7, 11) is 0. The average Bonchev–Trinajstić information content (AvgIpc) is 2.70. The molecule has 1 aromatic carbocycles. The molecule has 1 heterocycles. The van der Waals surface area contributed by atoms with Crippen LogP contribution in [0.4, 0.5) is 0 Å². The van der Waals surface area contributed by atoms with Gasteiger partial charge < -0.3 is 5.32 Å². The third-order valence-electron chi connectivity index (χ3n) is 2.83. The number of hydrogen-bond acceptors (Lipinski definition) is 2. The predicted molar refractivity (Wildman–Crippen MR) is 73.3 cm³/mol. The van der Waals surface area contributed by atoms with Crippen molar-refractivity contribution in [3.05, 3.63) is 35.2 Å². The fraction of sp³-hybridized carbons (Fsp3) is 0.429. The van der Waals surface area contributed by atoms with E-state index in [2.05, 4.69) is 48.8 Å². The van der Waals surface area contributed by atoms with Crippen LogP contribution in [0.3, 0.4) is 0 Å². The molecule has 1 nitrogen and oxygen atoms in total. The summed E-state index contributed by atoms with van der Waals surface area (Å²) in [5.74, 6) is 0. The highest BCUT2D eigenvalue weighted by Crippen LogP contribution is 2.26. The molecule has 0 aliphatic rings. The number of nitrogens with one attached hydrogen (secondary N) is 1. The smallest absolute Gasteiger partial charge is 0.0345 e. The van der Waals surface area contributed by atoms with Crippen LogP contribution in [0.1, 0.15) is 25.8 Å². The predicted octanol–water partition coefficient (Wildman–Crippen LogP) is 3.83. The maximum absolute atomic E-state index is 3.54. The lowest BCUT2D eigenvalue weighted by molar-refractivity contribution is 0.545. The molecule has 1 atom stereocenters. The molecule has 0 saturated carbocycles. The zero-order valence-corrected chi connectivity index (χ0v) is 10.8. The Bertz CT molecular complexity index is 447. The second-order valence-corrected chi connectivity index (χ2v) is 5.23. The van der Waals surface area contributed by atoms with Crippen molar-refractivity contribution in [1.29, 1.82) is 0 Å². The molecule has 2 rings (SSSR count). The van der Waals surface area contributed by atoms with Crippen LogP contribution < -0.4 is 5.32 Å². The van der Waals surface area contributed by atoms with E-state index in [1.54, 1.807) is 0 Å². The molecule has 0 spiro atoms. The lowest BCUT2D eigenvalue weighted by atomic mass is 10.1. The molecule has 0 amide bonds. The highest BCUT2D eigenvalue weighted by molar-refractivity contribution is 7.17. The molecule has 0 aliphatic heterocycles. The number of thiophene rings is 1. The van der Waals surface area contributed by atoms with Crippen molar-refractivity contribution >= 4 is 21.4 Å². The number of fused-ring (bicyclic) bond motifs is 1. The standard InChI is InChI=1S/C14H19NS/c1-3-8-15-11(2)9-12-10-16-14-7-5-4-6-13(12)14/h4-7,10-11,15H,3,8-9H2,1-2H3. The summed E-state index contributed by atoms with van der Waals surface area (Å²) >= 11 is 1.85. The first kappa shape index (κ1) is 11.6. The molecule has 0 saturated heterocycles. The van der Waals surface area contributed by atoms with Gasteiger partial charge in [-0.05, 0) is 48.7 Å². The molecule has 0 fully saturated rings. The Hall–Kier alpha value is -0.860. The van der Waals surface area contributed by atoms with E-state index >= 15 is 0 Å². The first-order valence-electron chi connectivity index (χ1n) is 5.99. The Labute approximate surface area is 101 Å². The first-order chi connectivity index (χ1) is 7.81. The summed E-state index contributed by atoms with van der Waals surface area (Å²) in [5, 5.41) is 7.27. The Morgan fingerprint density at radius 3 is 2.94 bits per heavy atom. The van der Waals surface area contributed by atoms with Gasteiger partial charge >= 0.3 is 0 Å². The summed E-state index contributed by atoms with van der Waals surface area (Å²) in [6.45, 7) is 5.59. The van der Waals surface area contributed by atoms with Gasteiger partial charge in [0.05, 0.1) is 0 Å². The van der Waals surface area contributed by atoms with Crippen LogP contribution in [0.15, 0.2) is 29.6 Å². The van der Waals surface area contributed by atoms with Crippen molar-refractivity contribution in [3.63, 3.8) is 0 Å². The van der Waals surface area contributed by atoms with Crippen molar-refractivity contribution in [2.75, 3.05) is 6.54 Å². The Balaban J connectivity index is 2.09. The molecule has 2 aromatic rings. The molecular weight excluding hydrogens is 214 g/mol. The monoisotopic (exact) mass is 233 g/mol. The molecular formula is C14H19NS. The van der Waals surface area contributed by atoms with Gasteiger partial charge in [-0.3, -0.25) is 0 Å². The van der Waals surface area contributed by atoms with Crippen molar-refractivity contribution in [2.45, 2.75) is 32.7 Å². The Morgan fingerprint density at radius 2 is 2.12 bits per heavy atom. The first-order valence-corrected chi connectivity index (χ1v) is 6.87. The van der Waals surface area contributed by atoms with E-state index in [9.17, 15) is 0 Å². The number of rotatable bonds is 5. The Kier molecular flexibility index (Phi) is 3.97. The molecule has 1 aromatic heterocycles. The molecule has 2 heteroatoms. The second-order valence-electron chi connectivity index (χ2n) is 4.32. The maximum atomic E-state index is 3.54. The summed E-state index contributed by atoms with van der Waals surface area (Å²) < 4.78 is 1.40. The van der Waals surface area contributed by atoms with E-state index in [-0.39, 0.29) is 0 Å². The van der Waals surface area contributed by atoms with Crippen LogP contribution in [0, 0.1) is 0 Å². The average molecular weight is 233 g/mol. The van der Waals surface area contributed by atoms with E-state index in [1.807, 2.05) is 11.3 Å². The van der Waals surface area contributed by atoms with Gasteiger partial charge in [0.1, 0.15) is 0 Å². The van der Waals surface area contributed by atoms with Crippen LogP contribution >= 0.6 is 11.3 Å². The summed E-state index contributed by atoms with van der Waals surface area (Å²) in [5.41, 5.74) is 1.48. The van der Waals surface area contributed by atoms with Crippen LogP contribution in [-0.2, 0) is 6.42 Å². The van der Waals surface area contributed by atoms with Crippen molar-refractivity contribution < 1.29 is 0 Å². The van der Waals surface area contributed by atoms with Gasteiger partial charge in [-0.15, -0.1) is 11.3 Å². The topological polar surface area (TPSA) is 12.0 Å². The summed E-state index contributed by atoms with van der Waals surface area (Å²) in [6.07, 6.45) is 2.33. The zero-order valence-electron chi connectivity index (χ0n) is 9.99. The maximum Gasteiger partial charge on any atom is 0.0345 e. The van der Waals surface area contributed by atoms with E-state index in [1.165, 1.54) is 22.1 Å². The van der Waals surface area contributed by atoms with E-state index < -0.39 is 0 Å². The van der Waals surface area contributed by atoms with Crippen LogP contribution in [0.5, 0.6) is 0 Å². The SMILES string of the molecule is CCCNC(C)Cc1csc2ccccc12. The van der Waals surface area contributed by atoms with Gasteiger partial charge in [-0.25, -0.2) is 0 Å². The van der Waals surface area contributed by atoms with Crippen LogP contribution in [0.2, 0.25) is 0 Å². The zero-order chi connectivity index (χ0) is 11.4. The fourth-order valence-electron chi connectivity index (χ4n) is 1.98. The van der Waals surface area contributed by atoms with Gasteiger partial charge in [-0.2, -0.15) is 0 Å². The third-order valence-corrected chi connectivity index (χ3v) is 3.84. The minimum atomic E-state index is 0.568. The molecule has 0 aliphatic carbocycles. The van der Waals surface area contributed by atoms with Gasteiger partial charge in [-0.1, -0.05) is 25.1 Å². The number of benzene rings is 1. The third kappa shape index (κ3) is 2.63. The van der Waals surface area contributed by atoms with Gasteiger partial charge in [0, 0.05) is 10.7 Å². The summed E-state index contributed by atoms with van der Waals surface area (Å²) in [4.78, 5) is 0. The minimum Gasteiger partial charge on any atom is -0.314 e. The van der Waals surface area contributed by atoms with Gasteiger partial charge in [0.15, 0.2) is 0 Å². The van der Waals surface area contributed by atoms with Crippen molar-refractivity contribution in [3.8, 4) is 0 Å². The second kappa shape index (κ2) is 5.46. The van der Waals surface area contributed by atoms with Gasteiger partial charge in [0.25, 0.3) is 0 Å². The quantitative estimate of drug-likeness (QED) is 0.827. The normalized spacial score (nSPS) is 13.1. The molecule has 86 valence electrons. The highest BCUT2D eigenvalue weighted by atomic mass is 32.1. The van der Waals surface area contributed by atoms with Crippen molar-refractivity contribution in [1.82, 2.24) is 5.32 Å². The Morgan fingerprint density at radius 1 is 1.31 bits per heavy atom. The summed E-state index contributed by atoms with van der Waals surface area (Å²) in [6, 6.07) is 9.24. The highest BCUT2D eigenvalue weighted by Gasteiger charge is 2.07. The molecule has 16 heavy (non-hydrogen) atoms. The lowest BCUT2D eigenvalue weighted by Gasteiger charge is -2.12. The molecule has 0 radical (unpaired) electrons. The van der Waals surface area contributed by atoms with Crippen LogP contribution in [0.25, 0.3) is 10.1 Å². The molecule has 1 N–H and O–H groups in total. The molecule has 1 unspecified atom stereocenters. The number of hydrogen-bond donors (Lipinski definition) is 1. The van der Waals surface area contributed by atoms with Crippen molar-refractivity contribution in [2.24, 2.45) is 0 Å².